The summed E-state index contributed by atoms with van der Waals surface area (Å²) in [4.78, 5) is 6.65. The monoisotopic (exact) mass is 297 g/mol. The molecular weight excluding hydrogens is 286 g/mol. The third kappa shape index (κ3) is 1.89. The molecule has 2 aromatic rings. The second-order valence-corrected chi connectivity index (χ2v) is 4.54. The topological polar surface area (TPSA) is 55.5 Å². The first-order valence-corrected chi connectivity index (χ1v) is 6.57. The quantitative estimate of drug-likeness (QED) is 0.765. The van der Waals surface area contributed by atoms with Gasteiger partial charge in [0.05, 0.1) is 19.3 Å². The molecule has 0 aliphatic carbocycles. The van der Waals surface area contributed by atoms with E-state index in [-0.39, 0.29) is 0 Å². The zero-order valence-electron chi connectivity index (χ0n) is 9.16. The van der Waals surface area contributed by atoms with E-state index in [1.54, 1.807) is 12.5 Å². The first-order valence-electron chi connectivity index (χ1n) is 5.45. The Morgan fingerprint density at radius 1 is 1.53 bits per heavy atom. The zero-order valence-corrected chi connectivity index (χ0v) is 10.7. The van der Waals surface area contributed by atoms with Gasteiger partial charge in [-0.1, -0.05) is 15.9 Å². The zero-order chi connectivity index (χ0) is 11.7. The summed E-state index contributed by atoms with van der Waals surface area (Å²) in [5.41, 5.74) is 0.792. The van der Waals surface area contributed by atoms with Crippen molar-refractivity contribution in [2.75, 3.05) is 30.0 Å². The van der Waals surface area contributed by atoms with Gasteiger partial charge in [0, 0.05) is 24.3 Å². The third-order valence-corrected chi connectivity index (χ3v) is 3.62. The predicted molar refractivity (Wildman–Crippen MR) is 66.5 cm³/mol. The SMILES string of the molecule is BrCC1COCCN1c1nccn2cnnc12. The maximum absolute atomic E-state index is 5.48. The Hall–Kier alpha value is -1.21. The minimum atomic E-state index is 0.291. The minimum absolute atomic E-state index is 0.291. The lowest BCUT2D eigenvalue weighted by Crippen LogP contribution is -2.47. The van der Waals surface area contributed by atoms with Crippen molar-refractivity contribution in [3.63, 3.8) is 0 Å². The van der Waals surface area contributed by atoms with Crippen LogP contribution in [0.5, 0.6) is 0 Å². The molecule has 0 N–H and O–H groups in total. The second-order valence-electron chi connectivity index (χ2n) is 3.89. The average molecular weight is 298 g/mol. The van der Waals surface area contributed by atoms with Crippen molar-refractivity contribution in [2.24, 2.45) is 0 Å². The highest BCUT2D eigenvalue weighted by atomic mass is 79.9. The van der Waals surface area contributed by atoms with Gasteiger partial charge in [0.1, 0.15) is 6.33 Å². The number of halogens is 1. The van der Waals surface area contributed by atoms with Gasteiger partial charge in [-0.2, -0.15) is 0 Å². The molecule has 17 heavy (non-hydrogen) atoms. The van der Waals surface area contributed by atoms with E-state index in [4.69, 9.17) is 4.74 Å². The van der Waals surface area contributed by atoms with Gasteiger partial charge in [-0.05, 0) is 0 Å². The summed E-state index contributed by atoms with van der Waals surface area (Å²) in [6.07, 6.45) is 5.30. The largest absolute Gasteiger partial charge is 0.377 e. The van der Waals surface area contributed by atoms with E-state index in [1.165, 1.54) is 0 Å². The fourth-order valence-corrected chi connectivity index (χ4v) is 2.55. The molecule has 90 valence electrons. The fourth-order valence-electron chi connectivity index (χ4n) is 2.01. The van der Waals surface area contributed by atoms with Crippen molar-refractivity contribution in [1.29, 1.82) is 0 Å². The van der Waals surface area contributed by atoms with Gasteiger partial charge in [0.2, 0.25) is 5.65 Å². The number of anilines is 1. The highest BCUT2D eigenvalue weighted by molar-refractivity contribution is 9.09. The van der Waals surface area contributed by atoms with Crippen LogP contribution in [0.15, 0.2) is 18.7 Å². The smallest absolute Gasteiger partial charge is 0.203 e. The summed E-state index contributed by atoms with van der Waals surface area (Å²) in [5.74, 6) is 0.873. The summed E-state index contributed by atoms with van der Waals surface area (Å²) in [7, 11) is 0. The van der Waals surface area contributed by atoms with Crippen LogP contribution in [0.2, 0.25) is 0 Å². The van der Waals surface area contributed by atoms with E-state index in [1.807, 2.05) is 10.6 Å². The molecule has 1 saturated heterocycles. The molecule has 3 heterocycles. The van der Waals surface area contributed by atoms with Gasteiger partial charge in [-0.3, -0.25) is 4.40 Å². The first-order chi connectivity index (χ1) is 8.40. The van der Waals surface area contributed by atoms with Crippen LogP contribution in [0.3, 0.4) is 0 Å². The second kappa shape index (κ2) is 4.58. The van der Waals surface area contributed by atoms with Crippen molar-refractivity contribution in [3.8, 4) is 0 Å². The van der Waals surface area contributed by atoms with Crippen LogP contribution >= 0.6 is 15.9 Å². The number of hydrogen-bond donors (Lipinski definition) is 0. The van der Waals surface area contributed by atoms with Gasteiger partial charge < -0.3 is 9.64 Å². The number of hydrogen-bond acceptors (Lipinski definition) is 5. The van der Waals surface area contributed by atoms with Crippen LogP contribution in [0, 0.1) is 0 Å². The lowest BCUT2D eigenvalue weighted by atomic mass is 10.2. The van der Waals surface area contributed by atoms with Crippen LogP contribution in [0.25, 0.3) is 5.65 Å². The number of nitrogens with zero attached hydrogens (tertiary/aromatic N) is 5. The lowest BCUT2D eigenvalue weighted by Gasteiger charge is -2.35. The summed E-state index contributed by atoms with van der Waals surface area (Å²) in [5, 5.41) is 8.88. The van der Waals surface area contributed by atoms with Crippen molar-refractivity contribution in [2.45, 2.75) is 6.04 Å². The van der Waals surface area contributed by atoms with Crippen LogP contribution in [-0.4, -0.2) is 50.7 Å². The van der Waals surface area contributed by atoms with Gasteiger partial charge in [-0.25, -0.2) is 4.98 Å². The normalized spacial score (nSPS) is 21.0. The first kappa shape index (κ1) is 10.9. The highest BCUT2D eigenvalue weighted by Crippen LogP contribution is 2.21. The van der Waals surface area contributed by atoms with Gasteiger partial charge in [0.15, 0.2) is 5.82 Å². The third-order valence-electron chi connectivity index (χ3n) is 2.87. The van der Waals surface area contributed by atoms with E-state index >= 15 is 0 Å². The maximum atomic E-state index is 5.48. The van der Waals surface area contributed by atoms with Crippen molar-refractivity contribution in [3.05, 3.63) is 18.7 Å². The molecule has 3 rings (SSSR count). The molecular formula is C10H12BrN5O. The number of fused-ring (bicyclic) bond motifs is 1. The Morgan fingerprint density at radius 2 is 2.47 bits per heavy atom. The van der Waals surface area contributed by atoms with Crippen LogP contribution in [0.1, 0.15) is 0 Å². The summed E-state index contributed by atoms with van der Waals surface area (Å²) in [6.45, 7) is 2.26. The van der Waals surface area contributed by atoms with E-state index in [0.717, 1.165) is 29.9 Å². The molecule has 1 atom stereocenters. The molecule has 1 fully saturated rings. The standard InChI is InChI=1S/C10H12BrN5O/c11-5-8-6-17-4-3-16(8)9-10-14-13-7-15(10)2-1-12-9/h1-2,7-8H,3-6H2. The number of ether oxygens (including phenoxy) is 1. The molecule has 0 spiro atoms. The van der Waals surface area contributed by atoms with Crippen molar-refractivity contribution in [1.82, 2.24) is 19.6 Å². The minimum Gasteiger partial charge on any atom is -0.377 e. The molecule has 0 radical (unpaired) electrons. The summed E-state index contributed by atoms with van der Waals surface area (Å²) >= 11 is 3.51. The Bertz CT molecular complexity index is 516. The molecule has 6 nitrogen and oxygen atoms in total. The van der Waals surface area contributed by atoms with Crippen molar-refractivity contribution >= 4 is 27.4 Å². The van der Waals surface area contributed by atoms with Gasteiger partial charge >= 0.3 is 0 Å². The van der Waals surface area contributed by atoms with Crippen LogP contribution < -0.4 is 4.90 Å². The van der Waals surface area contributed by atoms with Crippen molar-refractivity contribution < 1.29 is 4.74 Å². The molecule has 0 bridgehead atoms. The van der Waals surface area contributed by atoms with E-state index in [2.05, 4.69) is 36.0 Å². The molecule has 1 unspecified atom stereocenters. The van der Waals surface area contributed by atoms with Gasteiger partial charge in [-0.15, -0.1) is 10.2 Å². The lowest BCUT2D eigenvalue weighted by molar-refractivity contribution is 0.100. The van der Waals surface area contributed by atoms with E-state index in [9.17, 15) is 0 Å². The predicted octanol–water partition coefficient (Wildman–Crippen LogP) is 0.724. The highest BCUT2D eigenvalue weighted by Gasteiger charge is 2.25. The average Bonchev–Trinajstić information content (AvgIpc) is 2.86. The van der Waals surface area contributed by atoms with Crippen LogP contribution in [0.4, 0.5) is 5.82 Å². The summed E-state index contributed by atoms with van der Waals surface area (Å²) in [6, 6.07) is 0.291. The molecule has 0 aromatic carbocycles. The van der Waals surface area contributed by atoms with E-state index in [0.29, 0.717) is 12.6 Å². The molecule has 0 saturated carbocycles. The van der Waals surface area contributed by atoms with E-state index < -0.39 is 0 Å². The Morgan fingerprint density at radius 3 is 3.35 bits per heavy atom. The van der Waals surface area contributed by atoms with Crippen LogP contribution in [-0.2, 0) is 4.74 Å². The Labute approximate surface area is 107 Å². The number of morpholine rings is 1. The molecule has 1 aliphatic rings. The Kier molecular flexibility index (Phi) is 2.94. The molecule has 0 amide bonds. The molecule has 7 heteroatoms. The molecule has 2 aromatic heterocycles. The fraction of sp³-hybridized carbons (Fsp3) is 0.500. The Balaban J connectivity index is 2.04. The maximum Gasteiger partial charge on any atom is 0.203 e. The number of aromatic nitrogens is 4. The molecule has 1 aliphatic heterocycles. The summed E-state index contributed by atoms with van der Waals surface area (Å²) < 4.78 is 7.35. The number of rotatable bonds is 2. The van der Waals surface area contributed by atoms with Gasteiger partial charge in [0.25, 0.3) is 0 Å². The number of alkyl halides is 1.